The Balaban J connectivity index is 0. The summed E-state index contributed by atoms with van der Waals surface area (Å²) in [5.41, 5.74) is 0. The van der Waals surface area contributed by atoms with Crippen LogP contribution >= 0.6 is 0 Å². The summed E-state index contributed by atoms with van der Waals surface area (Å²) in [6.07, 6.45) is 0. The van der Waals surface area contributed by atoms with Gasteiger partial charge in [0.05, 0.1) is 0 Å². The molecule has 6 N–H and O–H groups in total. The first-order chi connectivity index (χ1) is 0. The van der Waals surface area contributed by atoms with Gasteiger partial charge >= 0.3 is 0 Å². The third-order valence-corrected chi connectivity index (χ3v) is 0. The van der Waals surface area contributed by atoms with Crippen molar-refractivity contribution in [3.63, 3.8) is 0 Å². The van der Waals surface area contributed by atoms with Crippen LogP contribution in [0.2, 0.25) is 0 Å². The molecule has 5 heavy (non-hydrogen) atoms. The van der Waals surface area contributed by atoms with Crippen molar-refractivity contribution in [1.29, 1.82) is 0 Å². The summed E-state index contributed by atoms with van der Waals surface area (Å²) < 4.78 is 0. The van der Waals surface area contributed by atoms with Gasteiger partial charge in [-0.15, -0.1) is 0 Å². The van der Waals surface area contributed by atoms with Crippen molar-refractivity contribution >= 4 is 29.6 Å². The Bertz CT molecular complexity index is 6.85. The van der Waals surface area contributed by atoms with Crippen LogP contribution in [0.1, 0.15) is 0 Å². The van der Waals surface area contributed by atoms with Gasteiger partial charge in [-0.25, -0.2) is 0 Å². The van der Waals surface area contributed by atoms with Crippen molar-refractivity contribution in [3.05, 3.63) is 0 Å². The van der Waals surface area contributed by atoms with Crippen molar-refractivity contribution in [2.75, 3.05) is 0 Å². The van der Waals surface area contributed by atoms with Gasteiger partial charge in [-0.2, -0.15) is 0 Å². The van der Waals surface area contributed by atoms with E-state index in [1.165, 1.54) is 0 Å². The summed E-state index contributed by atoms with van der Waals surface area (Å²) in [7, 11) is 0. The van der Waals surface area contributed by atoms with Gasteiger partial charge in [-0.05, 0) is 0 Å². The predicted octanol–water partition coefficient (Wildman–Crippen LogP) is -2.86. The largest absolute Gasteiger partial charge is 0.412 e. The molecule has 0 heterocycles. The average molecular weight is 180 g/mol. The second kappa shape index (κ2) is 49.4. The topological polar surface area (TPSA) is 94.5 Å². The van der Waals surface area contributed by atoms with Gasteiger partial charge in [-0.1, -0.05) is 0 Å². The molecule has 3 nitrogen and oxygen atoms in total. The van der Waals surface area contributed by atoms with Gasteiger partial charge in [0.1, 0.15) is 0 Å². The van der Waals surface area contributed by atoms with Gasteiger partial charge in [0, 0.05) is 49.0 Å². The Labute approximate surface area is 65.1 Å². The predicted molar refractivity (Wildman–Crippen MR) is 16.6 cm³/mol. The molecule has 0 saturated heterocycles. The van der Waals surface area contributed by atoms with Crippen LogP contribution < -0.4 is 0 Å². The van der Waals surface area contributed by atoms with Gasteiger partial charge in [0.15, 0.2) is 0 Å². The molecule has 0 bridgehead atoms. The van der Waals surface area contributed by atoms with E-state index in [0.29, 0.717) is 0 Å². The minimum atomic E-state index is 0. The molecule has 0 spiro atoms. The summed E-state index contributed by atoms with van der Waals surface area (Å²) in [6, 6.07) is 0. The zero-order chi connectivity index (χ0) is 0. The third kappa shape index (κ3) is 29.9. The average Bonchev–Trinajstić information content (AvgIpc) is 0. The second-order valence-electron chi connectivity index (χ2n) is 0. The maximum Gasteiger partial charge on any atom is 0 e. The molecule has 0 aromatic heterocycles. The fraction of sp³-hybridized carbons (Fsp3) is 0. The van der Waals surface area contributed by atoms with Gasteiger partial charge < -0.3 is 16.4 Å². The Kier molecular flexibility index (Phi) is 861. The Hall–Kier alpha value is 1.50. The molecule has 0 aliphatic heterocycles. The van der Waals surface area contributed by atoms with Crippen molar-refractivity contribution in [1.82, 2.24) is 0 Å². The SMILES string of the molecule is O.O.O.[Na].[Rh]. The number of rotatable bonds is 0. The molecular weight excluding hydrogens is 174 g/mol. The molecule has 0 unspecified atom stereocenters. The van der Waals surface area contributed by atoms with Gasteiger partial charge in [0.2, 0.25) is 0 Å². The van der Waals surface area contributed by atoms with Crippen LogP contribution in [0.4, 0.5) is 0 Å². The summed E-state index contributed by atoms with van der Waals surface area (Å²) >= 11 is 0. The molecule has 0 amide bonds. The summed E-state index contributed by atoms with van der Waals surface area (Å²) in [4.78, 5) is 0. The van der Waals surface area contributed by atoms with E-state index in [1.807, 2.05) is 0 Å². The van der Waals surface area contributed by atoms with Crippen molar-refractivity contribution in [2.45, 2.75) is 0 Å². The second-order valence-corrected chi connectivity index (χ2v) is 0. The molecule has 0 aliphatic carbocycles. The van der Waals surface area contributed by atoms with Crippen LogP contribution in [-0.4, -0.2) is 46.0 Å². The Morgan fingerprint density at radius 1 is 0.600 bits per heavy atom. The number of hydrogen-bond acceptors (Lipinski definition) is 0. The van der Waals surface area contributed by atoms with Crippen molar-refractivity contribution < 1.29 is 35.9 Å². The molecule has 0 atom stereocenters. The molecule has 0 saturated carbocycles. The quantitative estimate of drug-likeness (QED) is 0.358. The van der Waals surface area contributed by atoms with Crippen LogP contribution in [0.3, 0.4) is 0 Å². The first-order valence-corrected chi connectivity index (χ1v) is 0. The van der Waals surface area contributed by atoms with E-state index in [9.17, 15) is 0 Å². The third-order valence-electron chi connectivity index (χ3n) is 0. The standard InChI is InChI=1S/Na.3H2O.Rh/h;3*1H2;. The van der Waals surface area contributed by atoms with E-state index in [2.05, 4.69) is 0 Å². The first kappa shape index (κ1) is 87.1. The van der Waals surface area contributed by atoms with Gasteiger partial charge in [0.25, 0.3) is 0 Å². The van der Waals surface area contributed by atoms with Crippen LogP contribution in [-0.2, 0) is 19.5 Å². The van der Waals surface area contributed by atoms with Gasteiger partial charge in [-0.3, -0.25) is 0 Å². The fourth-order valence-corrected chi connectivity index (χ4v) is 0. The first-order valence-electron chi connectivity index (χ1n) is 0. The maximum absolute atomic E-state index is 0. The molecule has 0 aromatic carbocycles. The maximum atomic E-state index is 0. The smallest absolute Gasteiger partial charge is 0 e. The zero-order valence-electron chi connectivity index (χ0n) is 2.83. The van der Waals surface area contributed by atoms with E-state index in [1.54, 1.807) is 0 Å². The molecule has 0 fully saturated rings. The van der Waals surface area contributed by atoms with Crippen molar-refractivity contribution in [3.8, 4) is 0 Å². The van der Waals surface area contributed by atoms with E-state index < -0.39 is 0 Å². The fourth-order valence-electron chi connectivity index (χ4n) is 0. The van der Waals surface area contributed by atoms with Crippen LogP contribution in [0.5, 0.6) is 0 Å². The van der Waals surface area contributed by atoms with E-state index in [-0.39, 0.29) is 65.5 Å². The molecule has 0 aliphatic rings. The van der Waals surface area contributed by atoms with Crippen LogP contribution in [0.25, 0.3) is 0 Å². The molecule has 0 aromatic rings. The minimum Gasteiger partial charge on any atom is -0.412 e. The summed E-state index contributed by atoms with van der Waals surface area (Å²) in [5, 5.41) is 0. The molecule has 34 valence electrons. The normalized spacial score (nSPS) is 0. The Morgan fingerprint density at radius 3 is 0.600 bits per heavy atom. The zero-order valence-corrected chi connectivity index (χ0v) is 6.47. The molecule has 0 rings (SSSR count). The molecular formula is H6NaO3Rh. The van der Waals surface area contributed by atoms with Crippen molar-refractivity contribution in [2.24, 2.45) is 0 Å². The number of hydrogen-bond donors (Lipinski definition) is 0. The summed E-state index contributed by atoms with van der Waals surface area (Å²) in [6.45, 7) is 0. The summed E-state index contributed by atoms with van der Waals surface area (Å²) in [5.74, 6) is 0. The van der Waals surface area contributed by atoms with E-state index in [4.69, 9.17) is 0 Å². The molecule has 5 heteroatoms. The monoisotopic (exact) mass is 180 g/mol. The Morgan fingerprint density at radius 2 is 0.600 bits per heavy atom. The minimum absolute atomic E-state index is 0. The van der Waals surface area contributed by atoms with E-state index >= 15 is 0 Å². The molecule has 2 radical (unpaired) electrons. The van der Waals surface area contributed by atoms with Crippen LogP contribution in [0, 0.1) is 0 Å². The van der Waals surface area contributed by atoms with E-state index in [0.717, 1.165) is 0 Å². The van der Waals surface area contributed by atoms with Crippen LogP contribution in [0.15, 0.2) is 0 Å².